The third-order valence-corrected chi connectivity index (χ3v) is 2.70. The fourth-order valence-corrected chi connectivity index (χ4v) is 1.85. The fourth-order valence-electron chi connectivity index (χ4n) is 1.85. The average Bonchev–Trinajstić information content (AvgIpc) is 2.71. The molecule has 0 unspecified atom stereocenters. The highest BCUT2D eigenvalue weighted by Crippen LogP contribution is 2.31. The Hall–Kier alpha value is -2.36. The molecular weight excluding hydrogens is 238 g/mol. The van der Waals surface area contributed by atoms with Crippen LogP contribution < -0.4 is 0 Å². The van der Waals surface area contributed by atoms with Gasteiger partial charge in [0, 0.05) is 11.5 Å². The third kappa shape index (κ3) is 1.72. The van der Waals surface area contributed by atoms with E-state index in [1.165, 1.54) is 30.3 Å². The highest BCUT2D eigenvalue weighted by atomic mass is 19.1. The maximum atomic E-state index is 13.6. The molecule has 2 nitrogen and oxygen atoms in total. The van der Waals surface area contributed by atoms with Crippen LogP contribution in [0.2, 0.25) is 0 Å². The Kier molecular flexibility index (Phi) is 2.30. The first-order valence-corrected chi connectivity index (χ1v) is 5.31. The molecule has 18 heavy (non-hydrogen) atoms. The maximum Gasteiger partial charge on any atom is 0.138 e. The summed E-state index contributed by atoms with van der Waals surface area (Å²) < 4.78 is 32.1. The van der Waals surface area contributed by atoms with Gasteiger partial charge in [-0.1, -0.05) is 0 Å². The van der Waals surface area contributed by atoms with E-state index in [1.807, 2.05) is 0 Å². The number of phenolic OH excluding ortho intramolecular Hbond substituents is 1. The van der Waals surface area contributed by atoms with Crippen LogP contribution in [0, 0.1) is 11.6 Å². The van der Waals surface area contributed by atoms with E-state index >= 15 is 0 Å². The van der Waals surface area contributed by atoms with Crippen LogP contribution in [0.1, 0.15) is 0 Å². The van der Waals surface area contributed by atoms with E-state index in [4.69, 9.17) is 9.52 Å². The molecule has 0 bridgehead atoms. The van der Waals surface area contributed by atoms with E-state index in [9.17, 15) is 8.78 Å². The van der Waals surface area contributed by atoms with Gasteiger partial charge in [-0.25, -0.2) is 8.78 Å². The Labute approximate surface area is 101 Å². The zero-order chi connectivity index (χ0) is 12.7. The van der Waals surface area contributed by atoms with Crippen molar-refractivity contribution in [3.63, 3.8) is 0 Å². The predicted octanol–water partition coefficient (Wildman–Crippen LogP) is 4.08. The monoisotopic (exact) mass is 246 g/mol. The summed E-state index contributed by atoms with van der Waals surface area (Å²) in [6, 6.07) is 9.44. The molecule has 0 fully saturated rings. The molecule has 1 N–H and O–H groups in total. The molecule has 0 aliphatic heterocycles. The minimum Gasteiger partial charge on any atom is -0.508 e. The summed E-state index contributed by atoms with van der Waals surface area (Å²) in [5.74, 6) is -0.818. The first-order chi connectivity index (χ1) is 8.63. The van der Waals surface area contributed by atoms with Crippen LogP contribution in [0.15, 0.2) is 46.9 Å². The molecule has 90 valence electrons. The largest absolute Gasteiger partial charge is 0.508 e. The van der Waals surface area contributed by atoms with Gasteiger partial charge in [0.2, 0.25) is 0 Å². The molecule has 1 heterocycles. The summed E-state index contributed by atoms with van der Waals surface area (Å²) >= 11 is 0. The summed E-state index contributed by atoms with van der Waals surface area (Å²) in [6.07, 6.45) is 0. The van der Waals surface area contributed by atoms with Crippen molar-refractivity contribution in [3.05, 3.63) is 54.1 Å². The number of rotatable bonds is 1. The fraction of sp³-hybridized carbons (Fsp3) is 0. The lowest BCUT2D eigenvalue weighted by molar-refractivity contribution is 0.469. The van der Waals surface area contributed by atoms with Crippen LogP contribution in [-0.4, -0.2) is 5.11 Å². The standard InChI is InChI=1S/C14H8F2O2/c15-9-1-4-13-8(5-9)6-14(18-13)11-3-2-10(17)7-12(11)16/h1-7,17H. The summed E-state index contributed by atoms with van der Waals surface area (Å²) in [7, 11) is 0. The van der Waals surface area contributed by atoms with Gasteiger partial charge < -0.3 is 9.52 Å². The van der Waals surface area contributed by atoms with Crippen molar-refractivity contribution in [1.82, 2.24) is 0 Å². The Morgan fingerprint density at radius 1 is 0.944 bits per heavy atom. The zero-order valence-corrected chi connectivity index (χ0v) is 9.15. The lowest BCUT2D eigenvalue weighted by Gasteiger charge is -1.99. The van der Waals surface area contributed by atoms with E-state index < -0.39 is 5.82 Å². The van der Waals surface area contributed by atoms with Crippen molar-refractivity contribution in [1.29, 1.82) is 0 Å². The molecular formula is C14H8F2O2. The van der Waals surface area contributed by atoms with Crippen LogP contribution in [0.3, 0.4) is 0 Å². The van der Waals surface area contributed by atoms with Gasteiger partial charge in [-0.15, -0.1) is 0 Å². The Bertz CT molecular complexity index is 732. The molecule has 0 aliphatic carbocycles. The molecule has 1 aromatic heterocycles. The van der Waals surface area contributed by atoms with Gasteiger partial charge in [-0.3, -0.25) is 0 Å². The van der Waals surface area contributed by atoms with Crippen LogP contribution in [0.5, 0.6) is 5.75 Å². The molecule has 0 atom stereocenters. The SMILES string of the molecule is Oc1ccc(-c2cc3cc(F)ccc3o2)c(F)c1. The van der Waals surface area contributed by atoms with Crippen molar-refractivity contribution in [2.75, 3.05) is 0 Å². The lowest BCUT2D eigenvalue weighted by atomic mass is 10.1. The van der Waals surface area contributed by atoms with Crippen LogP contribution in [-0.2, 0) is 0 Å². The van der Waals surface area contributed by atoms with Gasteiger partial charge in [0.1, 0.15) is 28.7 Å². The van der Waals surface area contributed by atoms with E-state index in [2.05, 4.69) is 0 Å². The van der Waals surface area contributed by atoms with E-state index in [0.717, 1.165) is 6.07 Å². The van der Waals surface area contributed by atoms with Gasteiger partial charge in [-0.05, 0) is 36.4 Å². The van der Waals surface area contributed by atoms with Crippen molar-refractivity contribution in [2.24, 2.45) is 0 Å². The van der Waals surface area contributed by atoms with E-state index in [1.54, 1.807) is 6.07 Å². The minimum atomic E-state index is -0.588. The van der Waals surface area contributed by atoms with Crippen molar-refractivity contribution in [3.8, 4) is 17.1 Å². The van der Waals surface area contributed by atoms with Gasteiger partial charge in [-0.2, -0.15) is 0 Å². The molecule has 0 radical (unpaired) electrons. The quantitative estimate of drug-likeness (QED) is 0.701. The van der Waals surface area contributed by atoms with Gasteiger partial charge in [0.15, 0.2) is 0 Å². The highest BCUT2D eigenvalue weighted by molar-refractivity contribution is 5.83. The van der Waals surface area contributed by atoms with Crippen LogP contribution >= 0.6 is 0 Å². The molecule has 4 heteroatoms. The van der Waals surface area contributed by atoms with Gasteiger partial charge in [0.25, 0.3) is 0 Å². The lowest BCUT2D eigenvalue weighted by Crippen LogP contribution is -1.80. The number of aromatic hydroxyl groups is 1. The number of hydrogen-bond donors (Lipinski definition) is 1. The molecule has 0 spiro atoms. The number of halogens is 2. The summed E-state index contributed by atoms with van der Waals surface area (Å²) in [6.45, 7) is 0. The summed E-state index contributed by atoms with van der Waals surface area (Å²) in [5.41, 5.74) is 0.711. The molecule has 2 aromatic carbocycles. The molecule has 3 aromatic rings. The van der Waals surface area contributed by atoms with Crippen molar-refractivity contribution < 1.29 is 18.3 Å². The molecule has 0 amide bonds. The van der Waals surface area contributed by atoms with E-state index in [0.29, 0.717) is 16.7 Å². The number of furan rings is 1. The zero-order valence-electron chi connectivity index (χ0n) is 9.15. The molecule has 0 saturated heterocycles. The summed E-state index contributed by atoms with van der Waals surface area (Å²) in [4.78, 5) is 0. The normalized spacial score (nSPS) is 11.0. The molecule has 3 rings (SSSR count). The van der Waals surface area contributed by atoms with Gasteiger partial charge >= 0.3 is 0 Å². The van der Waals surface area contributed by atoms with Crippen LogP contribution in [0.25, 0.3) is 22.3 Å². The molecule has 0 saturated carbocycles. The average molecular weight is 246 g/mol. The number of fused-ring (bicyclic) bond motifs is 1. The topological polar surface area (TPSA) is 33.4 Å². The van der Waals surface area contributed by atoms with Gasteiger partial charge in [0.05, 0.1) is 5.56 Å². The Morgan fingerprint density at radius 2 is 1.78 bits per heavy atom. The van der Waals surface area contributed by atoms with E-state index in [-0.39, 0.29) is 17.1 Å². The number of hydrogen-bond acceptors (Lipinski definition) is 2. The summed E-state index contributed by atoms with van der Waals surface area (Å²) in [5, 5.41) is 9.71. The minimum absolute atomic E-state index is 0.154. The predicted molar refractivity (Wildman–Crippen MR) is 63.2 cm³/mol. The first-order valence-electron chi connectivity index (χ1n) is 5.31. The number of phenols is 1. The second-order valence-electron chi connectivity index (χ2n) is 3.96. The third-order valence-electron chi connectivity index (χ3n) is 2.70. The maximum absolute atomic E-state index is 13.6. The van der Waals surface area contributed by atoms with Crippen LogP contribution in [0.4, 0.5) is 8.78 Å². The highest BCUT2D eigenvalue weighted by Gasteiger charge is 2.11. The molecule has 0 aliphatic rings. The van der Waals surface area contributed by atoms with Crippen molar-refractivity contribution >= 4 is 11.0 Å². The smallest absolute Gasteiger partial charge is 0.138 e. The van der Waals surface area contributed by atoms with Crippen molar-refractivity contribution in [2.45, 2.75) is 0 Å². The number of benzene rings is 2. The Morgan fingerprint density at radius 3 is 2.56 bits per heavy atom. The second kappa shape index (κ2) is 3.84. The Balaban J connectivity index is 2.19. The first kappa shape index (κ1) is 10.8. The second-order valence-corrected chi connectivity index (χ2v) is 3.96.